The molecule has 15 heteroatoms. The largest absolute Gasteiger partial charge is 0.478 e. The van der Waals surface area contributed by atoms with Crippen molar-refractivity contribution in [3.63, 3.8) is 0 Å². The summed E-state index contributed by atoms with van der Waals surface area (Å²) in [6, 6.07) is 16.6. The Labute approximate surface area is 271 Å². The van der Waals surface area contributed by atoms with Crippen LogP contribution in [0.3, 0.4) is 0 Å². The number of amides is 2. The molecule has 4 heterocycles. The van der Waals surface area contributed by atoms with Crippen molar-refractivity contribution in [2.24, 2.45) is 7.05 Å². The fraction of sp³-hybridized carbons (Fsp3) is 0.182. The Kier molecular flexibility index (Phi) is 8.50. The van der Waals surface area contributed by atoms with Crippen LogP contribution in [0.15, 0.2) is 83.8 Å². The lowest BCUT2D eigenvalue weighted by Gasteiger charge is -2.17. The van der Waals surface area contributed by atoms with Gasteiger partial charge in [0.05, 0.1) is 28.5 Å². The first-order chi connectivity index (χ1) is 23.0. The number of aromatic nitrogens is 6. The zero-order chi connectivity index (χ0) is 34.0. The lowest BCUT2D eigenvalue weighted by Crippen LogP contribution is -2.49. The standard InChI is InChI=1S/C28H22F2N6O3.C5H6N2O2/c1-16-33-25(35-39-16)23-14-18-13-19(29)6-9-22(18)36(23)20-7-4-17(5-8-20)15-32-27(38)28(10-11-28)34-26(37)21-3-2-12-31-24(21)30;1-7-3-4(2-6-7)5(8)9/h2-9,12-14H,10-11,15H2,1H3,(H,32,38)(H,34,37);2-3H,1H3,(H,8,9). The van der Waals surface area contributed by atoms with Crippen LogP contribution in [0.4, 0.5) is 8.78 Å². The molecule has 0 spiro atoms. The fourth-order valence-corrected chi connectivity index (χ4v) is 5.05. The van der Waals surface area contributed by atoms with E-state index in [1.54, 1.807) is 26.1 Å². The van der Waals surface area contributed by atoms with E-state index in [1.807, 2.05) is 28.8 Å². The highest BCUT2D eigenvalue weighted by Gasteiger charge is 2.51. The molecule has 0 unspecified atom stereocenters. The second-order valence-electron chi connectivity index (χ2n) is 11.1. The average molecular weight is 655 g/mol. The van der Waals surface area contributed by atoms with E-state index in [0.29, 0.717) is 35.6 Å². The van der Waals surface area contributed by atoms with Gasteiger partial charge in [0.1, 0.15) is 11.4 Å². The van der Waals surface area contributed by atoms with E-state index in [0.717, 1.165) is 16.8 Å². The highest BCUT2D eigenvalue weighted by Crippen LogP contribution is 2.36. The average Bonchev–Trinajstić information content (AvgIpc) is 3.34. The number of rotatable bonds is 8. The molecule has 2 aromatic carbocycles. The number of benzene rings is 2. The Morgan fingerprint density at radius 3 is 2.44 bits per heavy atom. The van der Waals surface area contributed by atoms with Gasteiger partial charge < -0.3 is 24.8 Å². The van der Waals surface area contributed by atoms with Crippen LogP contribution in [0.2, 0.25) is 0 Å². The number of hydrogen-bond acceptors (Lipinski definition) is 8. The number of fused-ring (bicyclic) bond motifs is 1. The molecule has 3 N–H and O–H groups in total. The van der Waals surface area contributed by atoms with Crippen molar-refractivity contribution in [1.82, 2.24) is 40.1 Å². The molecule has 1 saturated carbocycles. The number of hydrogen-bond donors (Lipinski definition) is 3. The summed E-state index contributed by atoms with van der Waals surface area (Å²) in [5.41, 5.74) is 1.98. The van der Waals surface area contributed by atoms with Crippen molar-refractivity contribution in [3.8, 4) is 17.2 Å². The quantitative estimate of drug-likeness (QED) is 0.202. The molecule has 1 fully saturated rings. The van der Waals surface area contributed by atoms with Gasteiger partial charge in [-0.2, -0.15) is 14.5 Å². The number of halogens is 2. The van der Waals surface area contributed by atoms with Gasteiger partial charge in [-0.15, -0.1) is 0 Å². The number of aryl methyl sites for hydroxylation is 2. The van der Waals surface area contributed by atoms with Gasteiger partial charge in [0.25, 0.3) is 5.91 Å². The monoisotopic (exact) mass is 654 g/mol. The molecule has 13 nitrogen and oxygen atoms in total. The lowest BCUT2D eigenvalue weighted by atomic mass is 10.1. The minimum Gasteiger partial charge on any atom is -0.478 e. The zero-order valence-corrected chi connectivity index (χ0v) is 25.6. The third-order valence-corrected chi connectivity index (χ3v) is 7.66. The van der Waals surface area contributed by atoms with E-state index in [1.165, 1.54) is 47.5 Å². The summed E-state index contributed by atoms with van der Waals surface area (Å²) in [4.78, 5) is 43.3. The Morgan fingerprint density at radius 2 is 1.83 bits per heavy atom. The summed E-state index contributed by atoms with van der Waals surface area (Å²) in [5.74, 6) is -2.40. The molecule has 0 saturated heterocycles. The first kappa shape index (κ1) is 31.7. The number of carboxylic acid groups (broad SMARTS) is 1. The normalized spacial score (nSPS) is 13.0. The van der Waals surface area contributed by atoms with Crippen LogP contribution in [-0.4, -0.2) is 57.9 Å². The number of nitrogens with zero attached hydrogens (tertiary/aromatic N) is 6. The van der Waals surface area contributed by atoms with E-state index in [-0.39, 0.29) is 29.4 Å². The number of pyridine rings is 1. The minimum atomic E-state index is -1.06. The molecule has 1 aliphatic carbocycles. The van der Waals surface area contributed by atoms with Crippen LogP contribution in [0.1, 0.15) is 45.0 Å². The van der Waals surface area contributed by atoms with Crippen molar-refractivity contribution in [3.05, 3.63) is 114 Å². The number of nitrogens with one attached hydrogen (secondary N) is 2. The maximum Gasteiger partial charge on any atom is 0.338 e. The minimum absolute atomic E-state index is 0.206. The van der Waals surface area contributed by atoms with Crippen molar-refractivity contribution in [2.75, 3.05) is 0 Å². The summed E-state index contributed by atoms with van der Waals surface area (Å²) in [5, 5.41) is 22.2. The van der Waals surface area contributed by atoms with Gasteiger partial charge in [0, 0.05) is 44.0 Å². The molecule has 48 heavy (non-hydrogen) atoms. The second kappa shape index (κ2) is 12.9. The van der Waals surface area contributed by atoms with Crippen LogP contribution >= 0.6 is 0 Å². The molecule has 0 atom stereocenters. The van der Waals surface area contributed by atoms with Crippen LogP contribution in [0.25, 0.3) is 28.1 Å². The van der Waals surface area contributed by atoms with Gasteiger partial charge in [0.15, 0.2) is 0 Å². The summed E-state index contributed by atoms with van der Waals surface area (Å²) in [6.45, 7) is 1.92. The Morgan fingerprint density at radius 1 is 1.06 bits per heavy atom. The number of carbonyl (C=O) groups is 3. The van der Waals surface area contributed by atoms with Crippen molar-refractivity contribution < 1.29 is 32.8 Å². The van der Waals surface area contributed by atoms with Gasteiger partial charge in [-0.1, -0.05) is 17.3 Å². The first-order valence-corrected chi connectivity index (χ1v) is 14.7. The molecule has 4 aromatic heterocycles. The fourth-order valence-electron chi connectivity index (χ4n) is 5.05. The molecule has 0 radical (unpaired) electrons. The van der Waals surface area contributed by atoms with Gasteiger partial charge in [-0.3, -0.25) is 14.3 Å². The Balaban J connectivity index is 0.000000388. The number of aromatic carboxylic acids is 1. The first-order valence-electron chi connectivity index (χ1n) is 14.7. The van der Waals surface area contributed by atoms with Gasteiger partial charge >= 0.3 is 5.97 Å². The van der Waals surface area contributed by atoms with E-state index in [9.17, 15) is 23.2 Å². The van der Waals surface area contributed by atoms with Crippen LogP contribution in [0, 0.1) is 18.7 Å². The van der Waals surface area contributed by atoms with Crippen LogP contribution in [0.5, 0.6) is 0 Å². The molecular weight excluding hydrogens is 626 g/mol. The molecule has 2 amide bonds. The smallest absolute Gasteiger partial charge is 0.338 e. The maximum atomic E-state index is 13.9. The summed E-state index contributed by atoms with van der Waals surface area (Å²) in [7, 11) is 1.67. The number of carboxylic acids is 1. The molecule has 6 aromatic rings. The molecule has 1 aliphatic rings. The predicted molar refractivity (Wildman–Crippen MR) is 167 cm³/mol. The summed E-state index contributed by atoms with van der Waals surface area (Å²) in [6.07, 6.45) is 4.93. The molecule has 0 bridgehead atoms. The zero-order valence-electron chi connectivity index (χ0n) is 25.6. The van der Waals surface area contributed by atoms with Crippen molar-refractivity contribution in [1.29, 1.82) is 0 Å². The Bertz CT molecular complexity index is 2150. The topological polar surface area (TPSA) is 170 Å². The highest BCUT2D eigenvalue weighted by atomic mass is 19.1. The van der Waals surface area contributed by atoms with Crippen LogP contribution < -0.4 is 10.6 Å². The second-order valence-corrected chi connectivity index (χ2v) is 11.1. The third kappa shape index (κ3) is 6.65. The third-order valence-electron chi connectivity index (χ3n) is 7.66. The predicted octanol–water partition coefficient (Wildman–Crippen LogP) is 4.36. The Hall–Kier alpha value is -6.25. The number of carbonyl (C=O) groups excluding carboxylic acids is 2. The lowest BCUT2D eigenvalue weighted by molar-refractivity contribution is -0.124. The van der Waals surface area contributed by atoms with Gasteiger partial charge in [-0.05, 0) is 66.9 Å². The van der Waals surface area contributed by atoms with Gasteiger partial charge in [0.2, 0.25) is 23.6 Å². The van der Waals surface area contributed by atoms with Crippen LogP contribution in [-0.2, 0) is 18.4 Å². The molecular formula is C33H28F2N8O5. The summed E-state index contributed by atoms with van der Waals surface area (Å²) >= 11 is 0. The van der Waals surface area contributed by atoms with Crippen molar-refractivity contribution >= 4 is 28.7 Å². The molecule has 0 aliphatic heterocycles. The van der Waals surface area contributed by atoms with E-state index >= 15 is 0 Å². The van der Waals surface area contributed by atoms with Gasteiger partial charge in [-0.25, -0.2) is 14.2 Å². The van der Waals surface area contributed by atoms with Crippen molar-refractivity contribution in [2.45, 2.75) is 31.8 Å². The molecule has 244 valence electrons. The van der Waals surface area contributed by atoms with E-state index in [4.69, 9.17) is 9.63 Å². The maximum absolute atomic E-state index is 13.9. The van der Waals surface area contributed by atoms with E-state index < -0.39 is 23.4 Å². The highest BCUT2D eigenvalue weighted by molar-refractivity contribution is 6.00. The van der Waals surface area contributed by atoms with E-state index in [2.05, 4.69) is 30.9 Å². The molecule has 7 rings (SSSR count). The summed E-state index contributed by atoms with van der Waals surface area (Å²) < 4.78 is 36.3. The SMILES string of the molecule is Cc1nc(-c2cc3cc(F)ccc3n2-c2ccc(CNC(=O)C3(NC(=O)c4cccnc4F)CC3)cc2)no1.Cn1cc(C(=O)O)cn1.